The number of rotatable bonds is 5. The van der Waals surface area contributed by atoms with E-state index in [9.17, 15) is 0 Å². The van der Waals surface area contributed by atoms with Gasteiger partial charge in [-0.15, -0.1) is 0 Å². The van der Waals surface area contributed by atoms with E-state index < -0.39 is 0 Å². The van der Waals surface area contributed by atoms with Gasteiger partial charge in [0.25, 0.3) is 0 Å². The average Bonchev–Trinajstić information content (AvgIpc) is 2.61. The van der Waals surface area contributed by atoms with Gasteiger partial charge in [0, 0.05) is 6.54 Å². The van der Waals surface area contributed by atoms with Crippen molar-refractivity contribution in [3.05, 3.63) is 58.7 Å². The van der Waals surface area contributed by atoms with E-state index in [2.05, 4.69) is 62.5 Å². The lowest BCUT2D eigenvalue weighted by molar-refractivity contribution is 0.286. The molecule has 1 unspecified atom stereocenters. The fourth-order valence-electron chi connectivity index (χ4n) is 3.57. The van der Waals surface area contributed by atoms with Crippen LogP contribution >= 0.6 is 0 Å². The van der Waals surface area contributed by atoms with Gasteiger partial charge < -0.3 is 14.8 Å². The van der Waals surface area contributed by atoms with Crippen molar-refractivity contribution < 1.29 is 9.47 Å². The van der Waals surface area contributed by atoms with Crippen molar-refractivity contribution in [2.24, 2.45) is 0 Å². The molecule has 0 amide bonds. The molecule has 1 heterocycles. The van der Waals surface area contributed by atoms with Gasteiger partial charge in [-0.1, -0.05) is 45.0 Å². The SMILES string of the molecule is CCOc1cc2c(cc1OCC)C(c1ccc(C(C)(C)C)cc1)NCC2. The van der Waals surface area contributed by atoms with Crippen molar-refractivity contribution in [3.63, 3.8) is 0 Å². The molecule has 1 atom stereocenters. The fourth-order valence-corrected chi connectivity index (χ4v) is 3.57. The van der Waals surface area contributed by atoms with Crippen LogP contribution in [0.2, 0.25) is 0 Å². The Morgan fingerprint density at radius 1 is 0.962 bits per heavy atom. The zero-order valence-electron chi connectivity index (χ0n) is 16.7. The molecule has 0 saturated carbocycles. The highest BCUT2D eigenvalue weighted by molar-refractivity contribution is 5.52. The first-order valence-electron chi connectivity index (χ1n) is 9.70. The molecule has 1 aliphatic heterocycles. The second-order valence-corrected chi connectivity index (χ2v) is 7.87. The van der Waals surface area contributed by atoms with Crippen LogP contribution in [0.1, 0.15) is 62.9 Å². The summed E-state index contributed by atoms with van der Waals surface area (Å²) in [6.45, 7) is 13.0. The van der Waals surface area contributed by atoms with Gasteiger partial charge in [-0.05, 0) is 60.1 Å². The van der Waals surface area contributed by atoms with Gasteiger partial charge in [0.2, 0.25) is 0 Å². The first kappa shape index (κ1) is 18.8. The van der Waals surface area contributed by atoms with E-state index in [0.717, 1.165) is 24.5 Å². The van der Waals surface area contributed by atoms with Crippen molar-refractivity contribution in [2.45, 2.75) is 52.5 Å². The van der Waals surface area contributed by atoms with Crippen LogP contribution in [0.4, 0.5) is 0 Å². The highest BCUT2D eigenvalue weighted by Gasteiger charge is 2.24. The molecule has 3 rings (SSSR count). The average molecular weight is 354 g/mol. The van der Waals surface area contributed by atoms with Gasteiger partial charge in [-0.3, -0.25) is 0 Å². The Hall–Kier alpha value is -2.00. The normalized spacial score (nSPS) is 16.9. The summed E-state index contributed by atoms with van der Waals surface area (Å²) < 4.78 is 11.7. The summed E-state index contributed by atoms with van der Waals surface area (Å²) in [6.07, 6.45) is 1.01. The molecule has 2 aromatic carbocycles. The van der Waals surface area contributed by atoms with Crippen LogP contribution in [-0.2, 0) is 11.8 Å². The Morgan fingerprint density at radius 2 is 1.58 bits per heavy atom. The monoisotopic (exact) mass is 353 g/mol. The van der Waals surface area contributed by atoms with Crippen LogP contribution in [0, 0.1) is 0 Å². The molecule has 1 N–H and O–H groups in total. The quantitative estimate of drug-likeness (QED) is 0.819. The van der Waals surface area contributed by atoms with E-state index in [1.165, 1.54) is 22.3 Å². The minimum Gasteiger partial charge on any atom is -0.490 e. The Morgan fingerprint density at radius 3 is 2.15 bits per heavy atom. The molecule has 140 valence electrons. The van der Waals surface area contributed by atoms with Crippen LogP contribution in [-0.4, -0.2) is 19.8 Å². The third kappa shape index (κ3) is 3.88. The maximum Gasteiger partial charge on any atom is 0.161 e. The summed E-state index contributed by atoms with van der Waals surface area (Å²) in [5.41, 5.74) is 5.47. The lowest BCUT2D eigenvalue weighted by atomic mass is 9.84. The molecule has 0 saturated heterocycles. The van der Waals surface area contributed by atoms with E-state index in [1.807, 2.05) is 13.8 Å². The third-order valence-corrected chi connectivity index (χ3v) is 4.97. The first-order chi connectivity index (χ1) is 12.4. The van der Waals surface area contributed by atoms with Gasteiger partial charge in [0.15, 0.2) is 11.5 Å². The predicted molar refractivity (Wildman–Crippen MR) is 107 cm³/mol. The van der Waals surface area contributed by atoms with Crippen molar-refractivity contribution >= 4 is 0 Å². The zero-order valence-corrected chi connectivity index (χ0v) is 16.7. The number of hydrogen-bond acceptors (Lipinski definition) is 3. The zero-order chi connectivity index (χ0) is 18.7. The van der Waals surface area contributed by atoms with E-state index >= 15 is 0 Å². The van der Waals surface area contributed by atoms with Crippen LogP contribution in [0.3, 0.4) is 0 Å². The van der Waals surface area contributed by atoms with Crippen molar-refractivity contribution in [2.75, 3.05) is 19.8 Å². The number of ether oxygens (including phenoxy) is 2. The summed E-state index contributed by atoms with van der Waals surface area (Å²) >= 11 is 0. The summed E-state index contributed by atoms with van der Waals surface area (Å²) in [4.78, 5) is 0. The smallest absolute Gasteiger partial charge is 0.161 e. The highest BCUT2D eigenvalue weighted by atomic mass is 16.5. The summed E-state index contributed by atoms with van der Waals surface area (Å²) in [5, 5.41) is 3.67. The maximum absolute atomic E-state index is 5.85. The molecule has 2 aromatic rings. The van der Waals surface area contributed by atoms with E-state index in [0.29, 0.717) is 13.2 Å². The molecule has 0 aliphatic carbocycles. The summed E-state index contributed by atoms with van der Waals surface area (Å²) in [6, 6.07) is 13.5. The molecule has 0 aromatic heterocycles. The summed E-state index contributed by atoms with van der Waals surface area (Å²) in [5.74, 6) is 1.70. The van der Waals surface area contributed by atoms with Crippen molar-refractivity contribution in [3.8, 4) is 11.5 Å². The summed E-state index contributed by atoms with van der Waals surface area (Å²) in [7, 11) is 0. The largest absolute Gasteiger partial charge is 0.490 e. The first-order valence-corrected chi connectivity index (χ1v) is 9.70. The van der Waals surface area contributed by atoms with Crippen molar-refractivity contribution in [1.29, 1.82) is 0 Å². The standard InChI is InChI=1S/C23H31NO2/c1-6-25-20-14-17-12-13-24-22(19(17)15-21(20)26-7-2)16-8-10-18(11-9-16)23(3,4)5/h8-11,14-15,22,24H,6-7,12-13H2,1-5H3. The van der Waals surface area contributed by atoms with Gasteiger partial charge in [0.05, 0.1) is 19.3 Å². The molecule has 0 bridgehead atoms. The molecular weight excluding hydrogens is 322 g/mol. The Bertz CT molecular complexity index is 744. The van der Waals surface area contributed by atoms with E-state index in [-0.39, 0.29) is 11.5 Å². The number of hydrogen-bond donors (Lipinski definition) is 1. The third-order valence-electron chi connectivity index (χ3n) is 4.97. The Kier molecular flexibility index (Phi) is 5.57. The van der Waals surface area contributed by atoms with Gasteiger partial charge >= 0.3 is 0 Å². The highest BCUT2D eigenvalue weighted by Crippen LogP contribution is 2.38. The fraction of sp³-hybridized carbons (Fsp3) is 0.478. The van der Waals surface area contributed by atoms with Crippen molar-refractivity contribution in [1.82, 2.24) is 5.32 Å². The number of benzene rings is 2. The van der Waals surface area contributed by atoms with Crippen LogP contribution < -0.4 is 14.8 Å². The number of fused-ring (bicyclic) bond motifs is 1. The predicted octanol–water partition coefficient (Wildman–Crippen LogP) is 5.02. The minimum absolute atomic E-state index is 0.172. The second-order valence-electron chi connectivity index (χ2n) is 7.87. The van der Waals surface area contributed by atoms with Crippen LogP contribution in [0.25, 0.3) is 0 Å². The molecule has 26 heavy (non-hydrogen) atoms. The molecule has 3 heteroatoms. The van der Waals surface area contributed by atoms with Gasteiger partial charge in [-0.25, -0.2) is 0 Å². The lowest BCUT2D eigenvalue weighted by Gasteiger charge is -2.29. The molecule has 0 fully saturated rings. The topological polar surface area (TPSA) is 30.5 Å². The van der Waals surface area contributed by atoms with Gasteiger partial charge in [-0.2, -0.15) is 0 Å². The minimum atomic E-state index is 0.172. The van der Waals surface area contributed by atoms with E-state index in [4.69, 9.17) is 9.47 Å². The molecule has 1 aliphatic rings. The second kappa shape index (κ2) is 7.71. The lowest BCUT2D eigenvalue weighted by Crippen LogP contribution is -2.30. The molecule has 0 radical (unpaired) electrons. The molecule has 3 nitrogen and oxygen atoms in total. The number of nitrogens with one attached hydrogen (secondary N) is 1. The molecular formula is C23H31NO2. The van der Waals surface area contributed by atoms with E-state index in [1.54, 1.807) is 0 Å². The van der Waals surface area contributed by atoms with Gasteiger partial charge in [0.1, 0.15) is 0 Å². The Balaban J connectivity index is 1.98. The molecule has 0 spiro atoms. The Labute approximate surface area is 157 Å². The van der Waals surface area contributed by atoms with Crippen LogP contribution in [0.5, 0.6) is 11.5 Å². The maximum atomic E-state index is 5.85. The van der Waals surface area contributed by atoms with Crippen LogP contribution in [0.15, 0.2) is 36.4 Å².